The molecule has 0 N–H and O–H groups in total. The van der Waals surface area contributed by atoms with Crippen LogP contribution in [0.25, 0.3) is 44.5 Å². The van der Waals surface area contributed by atoms with Crippen molar-refractivity contribution in [1.29, 1.82) is 0 Å². The zero-order valence-electron chi connectivity index (χ0n) is 77.8. The van der Waals surface area contributed by atoms with Gasteiger partial charge in [-0.3, -0.25) is 0 Å². The molecule has 0 aromatic heterocycles. The Balaban J connectivity index is 0.881. The molecule has 13 aliphatic heterocycles. The first kappa shape index (κ1) is 91.7. The van der Waals surface area contributed by atoms with E-state index in [1.165, 1.54) is 0 Å². The van der Waals surface area contributed by atoms with Gasteiger partial charge in [-0.2, -0.15) is 0 Å². The van der Waals surface area contributed by atoms with E-state index in [2.05, 4.69) is 242 Å². The first-order valence-electron chi connectivity index (χ1n) is 42.8. The molecule has 0 atom stereocenters. The fourth-order valence-corrected chi connectivity index (χ4v) is 19.0. The lowest BCUT2D eigenvalue weighted by molar-refractivity contribution is 0.374. The molecule has 0 saturated carbocycles. The van der Waals surface area contributed by atoms with Gasteiger partial charge in [0, 0.05) is 44.5 Å². The van der Waals surface area contributed by atoms with Crippen molar-refractivity contribution in [2.75, 3.05) is 0 Å². The minimum absolute atomic E-state index is 0.280. The molecule has 13 heterocycles. The van der Waals surface area contributed by atoms with Gasteiger partial charge >= 0.3 is 34.4 Å². The van der Waals surface area contributed by atoms with Crippen LogP contribution in [0.1, 0.15) is 233 Å². The van der Waals surface area contributed by atoms with Crippen LogP contribution in [0.4, 0.5) is 0 Å². The van der Waals surface area contributed by atoms with Crippen LogP contribution in [0, 0.1) is 27.7 Å². The number of benzene rings is 12. The largest absolute Gasteiger partial charge is 0.530 e. The second kappa shape index (κ2) is 36.1. The maximum Gasteiger partial charge on any atom is 0.530 e. The van der Waals surface area contributed by atoms with E-state index >= 15 is 0 Å². The van der Waals surface area contributed by atoms with Crippen molar-refractivity contribution in [2.24, 2.45) is 0 Å². The Kier molecular flexibility index (Phi) is 26.7. The van der Waals surface area contributed by atoms with Crippen molar-refractivity contribution in [1.82, 2.24) is 0 Å². The summed E-state index contributed by atoms with van der Waals surface area (Å²) in [6, 6.07) is 82.0. The molecule has 0 radical (unpaired) electrons. The molecule has 12 aromatic rings. The van der Waals surface area contributed by atoms with Gasteiger partial charge in [-0.05, 0) is 213 Å². The Labute approximate surface area is 744 Å². The molecule has 0 fully saturated rings. The Morgan fingerprint density at radius 3 is 0.347 bits per heavy atom. The maximum absolute atomic E-state index is 7.20. The summed E-state index contributed by atoms with van der Waals surface area (Å²) < 4.78 is 84.2. The number of hydrogen-bond donors (Lipinski definition) is 0. The summed E-state index contributed by atoms with van der Waals surface area (Å²) in [6.07, 6.45) is 0. The predicted molar refractivity (Wildman–Crippen MR) is 517 cm³/mol. The zero-order chi connectivity index (χ0) is 89.6. The molecule has 0 saturated heterocycles. The number of rotatable bonds is 8. The second-order valence-electron chi connectivity index (χ2n) is 40.9. The van der Waals surface area contributed by atoms with E-state index in [1.54, 1.807) is 0 Å². The third kappa shape index (κ3) is 22.8. The summed E-state index contributed by atoms with van der Waals surface area (Å²) in [5.41, 5.74) is 18.6. The fraction of sp³-hybridized carbons (Fsp3) is 0.333. The highest BCUT2D eigenvalue weighted by Crippen LogP contribution is 2.56. The Hall–Kier alpha value is -10.0. The minimum atomic E-state index is -2.12. The third-order valence-electron chi connectivity index (χ3n) is 21.7. The van der Waals surface area contributed by atoms with Gasteiger partial charge in [0.15, 0.2) is 0 Å². The normalized spacial score (nSPS) is 15.8. The first-order chi connectivity index (χ1) is 58.0. The van der Waals surface area contributed by atoms with Crippen LogP contribution in [-0.2, 0) is 43.3 Å². The average Bonchev–Trinajstić information content (AvgIpc) is 0.784. The van der Waals surface area contributed by atoms with Crippen molar-refractivity contribution in [2.45, 2.75) is 237 Å². The number of aryl methyl sites for hydroxylation is 4. The van der Waals surface area contributed by atoms with Crippen molar-refractivity contribution in [3.63, 3.8) is 0 Å². The molecular formula is C108H124O12P4. The second-order valence-corrected chi connectivity index (χ2v) is 44.9. The Bertz CT molecular complexity index is 4670. The average molecular weight is 1740 g/mol. The first-order valence-corrected chi connectivity index (χ1v) is 47.2. The molecule has 0 spiro atoms. The summed E-state index contributed by atoms with van der Waals surface area (Å²) in [5, 5.41) is 0. The van der Waals surface area contributed by atoms with Crippen molar-refractivity contribution >= 4 is 34.4 Å². The Morgan fingerprint density at radius 2 is 0.258 bits per heavy atom. The fourth-order valence-electron chi connectivity index (χ4n) is 14.8. The molecule has 25 rings (SSSR count). The van der Waals surface area contributed by atoms with Crippen LogP contribution in [0.3, 0.4) is 0 Å². The van der Waals surface area contributed by atoms with Crippen molar-refractivity contribution in [3.8, 4) is 114 Å². The molecule has 12 nitrogen and oxygen atoms in total. The van der Waals surface area contributed by atoms with Crippen LogP contribution in [0.15, 0.2) is 243 Å². The molecular weight excluding hydrogens is 1610 g/mol. The minimum Gasteiger partial charge on any atom is -0.409 e. The van der Waals surface area contributed by atoms with Crippen LogP contribution in [0.2, 0.25) is 0 Å². The van der Waals surface area contributed by atoms with Gasteiger partial charge in [-0.1, -0.05) is 334 Å². The summed E-state index contributed by atoms with van der Waals surface area (Å²) >= 11 is 0. The van der Waals surface area contributed by atoms with Crippen LogP contribution in [0.5, 0.6) is 69.0 Å². The summed E-state index contributed by atoms with van der Waals surface area (Å²) in [6.45, 7) is 61.7. The van der Waals surface area contributed by atoms with Gasteiger partial charge in [0.05, 0.1) is 0 Å². The standard InChI is InChI=1S/C108H124O12P4/c1-69-61-89(101(5,6)7)97(90(62-69)102(8,9)10)117-121-109-81-45-29-73(30-46-81)75-33-49-83(50-34-75)111-122(118-98-91(103(11,12)13)63-70(2)64-92(98)104(14,15)16)113-85-53-37-77(38-54-85)79-41-57-87(58-42-79)115-124(120-100-95(107(23,24)25)67-72(4)68-96(100)108(26,27)28)116-88-59-43-80(44-60-88)78-39-55-86(56-40-78)114-123(112-84-51-35-76(36-52-84)74-31-47-82(110-121)48-32-74)119-99-93(105(17,18)19)65-71(3)66-94(99)106(20,21)22/h29-68H,1-28H3. The van der Waals surface area contributed by atoms with Crippen LogP contribution in [-0.4, -0.2) is 0 Å². The van der Waals surface area contributed by atoms with E-state index in [0.29, 0.717) is 46.0 Å². The summed E-state index contributed by atoms with van der Waals surface area (Å²) in [5.74, 6) is 7.62. The zero-order valence-corrected chi connectivity index (χ0v) is 81.4. The smallest absolute Gasteiger partial charge is 0.409 e. The number of hydrogen-bond acceptors (Lipinski definition) is 12. The molecule has 12 aromatic carbocycles. The van der Waals surface area contributed by atoms with Gasteiger partial charge in [0.2, 0.25) is 0 Å². The van der Waals surface area contributed by atoms with Crippen LogP contribution < -0.4 is 54.3 Å². The molecule has 648 valence electrons. The lowest BCUT2D eigenvalue weighted by Gasteiger charge is -2.31. The third-order valence-corrected chi connectivity index (χ3v) is 25.9. The SMILES string of the molecule is Cc1cc(C(C)(C)C)c(OP2Oc3ccc(cc3)-c3ccc(cc3)OP(Oc3c(C(C)(C)C)cc(C)cc3C(C)(C)C)Oc3ccc(cc3)-c3ccc(cc3)OP(Oc3c(C(C)(C)C)cc(C)cc3C(C)(C)C)Oc3ccc(cc3)-c3ccc(cc3)OP(Oc3c(C(C)(C)C)cc(C)cc3C(C)(C)C)Oc3ccc(cc3)-c3ccc(cc3)O2)c(C(C)(C)C)c1. The van der Waals surface area contributed by atoms with Crippen molar-refractivity contribution in [3.05, 3.63) is 309 Å². The monoisotopic (exact) mass is 1740 g/mol. The van der Waals surface area contributed by atoms with Gasteiger partial charge in [0.1, 0.15) is 69.0 Å². The van der Waals surface area contributed by atoms with Crippen LogP contribution >= 0.6 is 34.4 Å². The molecule has 124 heavy (non-hydrogen) atoms. The van der Waals surface area contributed by atoms with Gasteiger partial charge in [0.25, 0.3) is 0 Å². The lowest BCUT2D eigenvalue weighted by atomic mass is 9.78. The van der Waals surface area contributed by atoms with Gasteiger partial charge < -0.3 is 54.3 Å². The topological polar surface area (TPSA) is 111 Å². The van der Waals surface area contributed by atoms with E-state index in [4.69, 9.17) is 54.3 Å². The van der Waals surface area contributed by atoms with Crippen molar-refractivity contribution < 1.29 is 54.3 Å². The molecule has 16 bridgehead atoms. The highest BCUT2D eigenvalue weighted by Gasteiger charge is 2.38. The molecule has 0 aliphatic carbocycles. The van der Waals surface area contributed by atoms with E-state index < -0.39 is 34.4 Å². The van der Waals surface area contributed by atoms with Gasteiger partial charge in [-0.15, -0.1) is 0 Å². The molecule has 0 unspecified atom stereocenters. The summed E-state index contributed by atoms with van der Waals surface area (Å²) in [4.78, 5) is 0. The molecule has 16 heteroatoms. The van der Waals surface area contributed by atoms with E-state index in [-0.39, 0.29) is 43.3 Å². The van der Waals surface area contributed by atoms with E-state index in [1.807, 2.05) is 194 Å². The maximum atomic E-state index is 7.20. The highest BCUT2D eigenvalue weighted by molar-refractivity contribution is 7.44. The Morgan fingerprint density at radius 1 is 0.161 bits per heavy atom. The lowest BCUT2D eigenvalue weighted by Crippen LogP contribution is -2.20. The molecule has 13 aliphatic rings. The predicted octanol–water partition coefficient (Wildman–Crippen LogP) is 33.3. The van der Waals surface area contributed by atoms with Gasteiger partial charge in [-0.25, -0.2) is 0 Å². The highest BCUT2D eigenvalue weighted by atomic mass is 31.2. The summed E-state index contributed by atoms with van der Waals surface area (Å²) in [7, 11) is -8.49. The van der Waals surface area contributed by atoms with E-state index in [0.717, 1.165) is 134 Å². The molecule has 0 amide bonds. The quantitative estimate of drug-likeness (QED) is 0.135. The van der Waals surface area contributed by atoms with E-state index in [9.17, 15) is 0 Å².